The largest absolute Gasteiger partial charge is 0.510 e. The van der Waals surface area contributed by atoms with Crippen LogP contribution < -0.4 is 10.2 Å². The van der Waals surface area contributed by atoms with E-state index in [1.165, 1.54) is 42.5 Å². The third-order valence-electron chi connectivity index (χ3n) is 6.66. The monoisotopic (exact) mass is 595 g/mol. The van der Waals surface area contributed by atoms with Gasteiger partial charge in [0.2, 0.25) is 12.9 Å². The van der Waals surface area contributed by atoms with Crippen molar-refractivity contribution < 1.29 is 59.2 Å². The Hall–Kier alpha value is -5.08. The first kappa shape index (κ1) is 29.4. The van der Waals surface area contributed by atoms with Crippen molar-refractivity contribution in [3.05, 3.63) is 82.5 Å². The molecule has 3 aliphatic rings. The van der Waals surface area contributed by atoms with Gasteiger partial charge in [0.05, 0.1) is 11.6 Å². The predicted molar refractivity (Wildman–Crippen MR) is 149 cm³/mol. The van der Waals surface area contributed by atoms with E-state index >= 15 is 0 Å². The van der Waals surface area contributed by atoms with Crippen molar-refractivity contribution in [2.24, 2.45) is 0 Å². The van der Waals surface area contributed by atoms with E-state index in [0.29, 0.717) is 5.56 Å². The number of rotatable bonds is 7. The van der Waals surface area contributed by atoms with Crippen molar-refractivity contribution in [2.45, 2.75) is 30.7 Å². The van der Waals surface area contributed by atoms with Gasteiger partial charge in [0.1, 0.15) is 35.6 Å². The molecule has 2 heterocycles. The molecule has 0 radical (unpaired) electrons. The Labute approximate surface area is 242 Å². The minimum atomic E-state index is -1.80. The topological polar surface area (TPSA) is 221 Å². The van der Waals surface area contributed by atoms with Crippen molar-refractivity contribution in [3.63, 3.8) is 0 Å². The standard InChI is InChI=1S/C30H26O13/c31-16-5-1-14(2-6-16)3-8-25(36)40-13-24-26(37)27(38)28(39)30(43-24)42-23-12-18-20(34)10-17(32)11-22(18)41-29(23)15-4-7-19(33)21(35)9-15/h1-12,24,26-28,30-31,33-35,37-39H,13H2/p+1/t24-,26-,27+,28-,30-/m1/s1. The summed E-state index contributed by atoms with van der Waals surface area (Å²) in [6, 6.07) is 13.1. The van der Waals surface area contributed by atoms with Gasteiger partial charge in [0.25, 0.3) is 0 Å². The number of esters is 1. The molecule has 0 aromatic heterocycles. The fourth-order valence-electron chi connectivity index (χ4n) is 4.37. The number of aromatic hydroxyl groups is 4. The number of fused-ring (bicyclic) bond motifs is 1. The van der Waals surface area contributed by atoms with E-state index in [-0.39, 0.29) is 34.1 Å². The summed E-state index contributed by atoms with van der Waals surface area (Å²) in [6.07, 6.45) is -5.49. The first-order chi connectivity index (χ1) is 20.5. The summed E-state index contributed by atoms with van der Waals surface area (Å²) in [4.78, 5) is 22.1. The summed E-state index contributed by atoms with van der Waals surface area (Å²) in [5.74, 6) is -2.17. The van der Waals surface area contributed by atoms with E-state index < -0.39 is 66.0 Å². The van der Waals surface area contributed by atoms with Gasteiger partial charge in [-0.05, 0) is 48.0 Å². The number of ether oxygens (including phenoxy) is 3. The molecular weight excluding hydrogens is 568 g/mol. The van der Waals surface area contributed by atoms with Crippen molar-refractivity contribution in [3.8, 4) is 51.4 Å². The number of phenolic OH excluding ortho intramolecular Hbond substituents is 4. The molecule has 0 amide bonds. The van der Waals surface area contributed by atoms with E-state index in [0.717, 1.165) is 18.2 Å². The minimum absolute atomic E-state index is 0.0434. The predicted octanol–water partition coefficient (Wildman–Crippen LogP) is 1.65. The molecule has 0 saturated carbocycles. The van der Waals surface area contributed by atoms with Crippen LogP contribution in [0.4, 0.5) is 0 Å². The van der Waals surface area contributed by atoms with Crippen LogP contribution in [-0.2, 0) is 9.47 Å². The van der Waals surface area contributed by atoms with E-state index in [9.17, 15) is 45.3 Å². The molecule has 8 N–H and O–H groups in total. The second-order valence-corrected chi connectivity index (χ2v) is 9.70. The molecule has 13 heteroatoms. The van der Waals surface area contributed by atoms with Gasteiger partial charge in [-0.2, -0.15) is 0 Å². The van der Waals surface area contributed by atoms with Gasteiger partial charge >= 0.3 is 5.97 Å². The van der Waals surface area contributed by atoms with E-state index in [1.807, 2.05) is 0 Å². The molecule has 5 rings (SSSR count). The number of carbonyl (C=O) groups excluding carboxylic acids is 1. The van der Waals surface area contributed by atoms with Gasteiger partial charge < -0.3 is 59.2 Å². The zero-order valence-corrected chi connectivity index (χ0v) is 22.1. The smallest absolute Gasteiger partial charge is 0.508 e. The lowest BCUT2D eigenvalue weighted by molar-refractivity contribution is -0.276. The molecule has 2 aromatic carbocycles. The maximum absolute atomic E-state index is 12.0. The molecule has 1 saturated heterocycles. The fraction of sp³-hybridized carbons (Fsp3) is 0.200. The highest BCUT2D eigenvalue weighted by Crippen LogP contribution is 2.43. The lowest BCUT2D eigenvalue weighted by atomic mass is 9.99. The van der Waals surface area contributed by atoms with Crippen LogP contribution in [0.1, 0.15) is 5.56 Å². The molecule has 43 heavy (non-hydrogen) atoms. The van der Waals surface area contributed by atoms with Gasteiger partial charge in [-0.1, -0.05) is 12.1 Å². The fourth-order valence-corrected chi connectivity index (χ4v) is 4.37. The number of hydrogen-bond donors (Lipinski definition) is 7. The molecule has 0 unspecified atom stereocenters. The van der Waals surface area contributed by atoms with Crippen LogP contribution in [0.15, 0.2) is 76.0 Å². The highest BCUT2D eigenvalue weighted by molar-refractivity contribution is 5.88. The Morgan fingerprint density at radius 1 is 0.860 bits per heavy atom. The van der Waals surface area contributed by atoms with Crippen LogP contribution in [-0.4, -0.2) is 83.8 Å². The Morgan fingerprint density at radius 2 is 1.60 bits per heavy atom. The van der Waals surface area contributed by atoms with Crippen LogP contribution in [0, 0.1) is 0 Å². The second-order valence-electron chi connectivity index (χ2n) is 9.70. The van der Waals surface area contributed by atoms with Crippen molar-refractivity contribution >= 4 is 12.0 Å². The number of phenols is 4. The van der Waals surface area contributed by atoms with E-state index in [1.54, 1.807) is 12.1 Å². The zero-order valence-electron chi connectivity index (χ0n) is 22.1. The van der Waals surface area contributed by atoms with Gasteiger partial charge in [0.15, 0.2) is 34.5 Å². The number of benzene rings is 3. The lowest BCUT2D eigenvalue weighted by Gasteiger charge is -2.39. The maximum atomic E-state index is 12.0. The molecule has 0 spiro atoms. The number of hydrogen-bond acceptors (Lipinski definition) is 12. The van der Waals surface area contributed by atoms with Gasteiger partial charge in [0, 0.05) is 17.7 Å². The van der Waals surface area contributed by atoms with Gasteiger partial charge in [-0.15, -0.1) is 0 Å². The van der Waals surface area contributed by atoms with Crippen molar-refractivity contribution in [1.29, 1.82) is 0 Å². The summed E-state index contributed by atoms with van der Waals surface area (Å²) >= 11 is 0. The molecule has 0 bridgehead atoms. The molecule has 5 atom stereocenters. The highest BCUT2D eigenvalue weighted by atomic mass is 16.7. The highest BCUT2D eigenvalue weighted by Gasteiger charge is 2.47. The first-order valence-electron chi connectivity index (χ1n) is 12.9. The Balaban J connectivity index is 1.40. The summed E-state index contributed by atoms with van der Waals surface area (Å²) in [7, 11) is 0. The van der Waals surface area contributed by atoms with Crippen molar-refractivity contribution in [1.82, 2.24) is 0 Å². The van der Waals surface area contributed by atoms with E-state index in [2.05, 4.69) is 0 Å². The summed E-state index contributed by atoms with van der Waals surface area (Å²) in [6.45, 7) is -0.482. The van der Waals surface area contributed by atoms with Crippen LogP contribution >= 0.6 is 0 Å². The van der Waals surface area contributed by atoms with E-state index in [4.69, 9.17) is 18.6 Å². The summed E-state index contributed by atoms with van der Waals surface area (Å²) in [5, 5.41) is 71.2. The second kappa shape index (κ2) is 12.0. The minimum Gasteiger partial charge on any atom is -0.508 e. The van der Waals surface area contributed by atoms with Gasteiger partial charge in [-0.25, -0.2) is 0 Å². The summed E-state index contributed by atoms with van der Waals surface area (Å²) < 4.78 is 22.6. The SMILES string of the molecule is O=c1cc2oc(-c3ccc(O)c(O)c3)c(O[C@@H]3O[C@H](COC(=[OH+])C=Cc4ccc(O)cc4)[C@@H](O)[C@H](O)[C@H]3O)cc-2c(O)c1. The molecule has 13 nitrogen and oxygen atoms in total. The molecule has 2 aliphatic heterocycles. The Kier molecular flexibility index (Phi) is 8.23. The average Bonchev–Trinajstić information content (AvgIpc) is 2.98. The molecule has 224 valence electrons. The van der Waals surface area contributed by atoms with Crippen LogP contribution in [0.3, 0.4) is 0 Å². The van der Waals surface area contributed by atoms with Crippen LogP contribution in [0.5, 0.6) is 28.7 Å². The Bertz CT molecular complexity index is 1680. The lowest BCUT2D eigenvalue weighted by Crippen LogP contribution is -2.60. The van der Waals surface area contributed by atoms with Crippen LogP contribution in [0.25, 0.3) is 28.7 Å². The zero-order chi connectivity index (χ0) is 30.8. The number of aliphatic hydroxyl groups excluding tert-OH is 3. The molecule has 1 fully saturated rings. The van der Waals surface area contributed by atoms with Crippen molar-refractivity contribution in [2.75, 3.05) is 6.61 Å². The third kappa shape index (κ3) is 6.39. The molecular formula is C30H27O13+. The molecule has 2 aromatic rings. The maximum Gasteiger partial charge on any atom is 0.510 e. The third-order valence-corrected chi connectivity index (χ3v) is 6.66. The van der Waals surface area contributed by atoms with Gasteiger partial charge in [-0.3, -0.25) is 4.79 Å². The summed E-state index contributed by atoms with van der Waals surface area (Å²) in [5.41, 5.74) is 0.302. The molecule has 1 aliphatic carbocycles. The normalized spacial score (nSPS) is 22.1. The quantitative estimate of drug-likeness (QED) is 0.0702. The van der Waals surface area contributed by atoms with Crippen LogP contribution in [0.2, 0.25) is 0 Å². The Morgan fingerprint density at radius 3 is 2.33 bits per heavy atom. The number of aliphatic hydroxyl groups is 3. The average molecular weight is 596 g/mol. The first-order valence-corrected chi connectivity index (χ1v) is 12.9.